The van der Waals surface area contributed by atoms with Crippen LogP contribution in [0.3, 0.4) is 0 Å². The maximum Gasteiger partial charge on any atom is 0.226 e. The lowest BCUT2D eigenvalue weighted by molar-refractivity contribution is -0.137. The van der Waals surface area contributed by atoms with Crippen molar-refractivity contribution in [2.75, 3.05) is 13.7 Å². The van der Waals surface area contributed by atoms with Crippen LogP contribution < -0.4 is 10.1 Å². The van der Waals surface area contributed by atoms with Gasteiger partial charge in [-0.25, -0.2) is 4.98 Å². The molecular weight excluding hydrogens is 268 g/mol. The van der Waals surface area contributed by atoms with Gasteiger partial charge in [-0.2, -0.15) is 0 Å². The monoisotopic (exact) mass is 292 g/mol. The summed E-state index contributed by atoms with van der Waals surface area (Å²) in [4.78, 5) is 16.6. The summed E-state index contributed by atoms with van der Waals surface area (Å²) in [6.45, 7) is 5.38. The number of nitrogens with one attached hydrogen (secondary N) is 1. The molecule has 1 amide bonds. The van der Waals surface area contributed by atoms with Crippen LogP contribution in [0.4, 0.5) is 0 Å². The Kier molecular flexibility index (Phi) is 5.56. The van der Waals surface area contributed by atoms with Gasteiger partial charge >= 0.3 is 0 Å². The molecule has 116 valence electrons. The van der Waals surface area contributed by atoms with Crippen LogP contribution in [0, 0.1) is 11.8 Å². The second-order valence-electron chi connectivity index (χ2n) is 5.72. The predicted molar refractivity (Wildman–Crippen MR) is 79.9 cm³/mol. The van der Waals surface area contributed by atoms with Crippen molar-refractivity contribution in [2.45, 2.75) is 39.3 Å². The Morgan fingerprint density at radius 3 is 3.10 bits per heavy atom. The molecule has 21 heavy (non-hydrogen) atoms. The van der Waals surface area contributed by atoms with Crippen LogP contribution >= 0.6 is 0 Å². The van der Waals surface area contributed by atoms with E-state index in [0.717, 1.165) is 25.0 Å². The Hall–Kier alpha value is -1.62. The summed E-state index contributed by atoms with van der Waals surface area (Å²) in [5.41, 5.74) is 0.881. The normalized spacial score (nSPS) is 22.1. The zero-order valence-electron chi connectivity index (χ0n) is 13.0. The summed E-state index contributed by atoms with van der Waals surface area (Å²) >= 11 is 0. The van der Waals surface area contributed by atoms with Gasteiger partial charge < -0.3 is 14.8 Å². The molecule has 0 aliphatic carbocycles. The number of hydrogen-bond acceptors (Lipinski definition) is 4. The molecule has 1 N–H and O–H groups in total. The largest absolute Gasteiger partial charge is 0.481 e. The second-order valence-corrected chi connectivity index (χ2v) is 5.72. The molecule has 1 aliphatic rings. The Bertz CT molecular complexity index is 476. The molecule has 0 aromatic carbocycles. The minimum absolute atomic E-state index is 0.00884. The van der Waals surface area contributed by atoms with E-state index in [0.29, 0.717) is 18.3 Å². The van der Waals surface area contributed by atoms with Crippen LogP contribution in [0.1, 0.15) is 32.3 Å². The van der Waals surface area contributed by atoms with Gasteiger partial charge in [-0.05, 0) is 24.8 Å². The third-order valence-electron chi connectivity index (χ3n) is 3.86. The van der Waals surface area contributed by atoms with Gasteiger partial charge in [0.2, 0.25) is 11.8 Å². The number of ether oxygens (including phenoxy) is 2. The Balaban J connectivity index is 1.97. The van der Waals surface area contributed by atoms with Crippen LogP contribution in [-0.2, 0) is 16.1 Å². The van der Waals surface area contributed by atoms with Crippen LogP contribution in [-0.4, -0.2) is 30.7 Å². The summed E-state index contributed by atoms with van der Waals surface area (Å²) in [5.74, 6) is 0.882. The first-order valence-corrected chi connectivity index (χ1v) is 7.50. The van der Waals surface area contributed by atoms with Gasteiger partial charge in [-0.3, -0.25) is 4.79 Å². The average molecular weight is 292 g/mol. The maximum atomic E-state index is 12.4. The highest BCUT2D eigenvalue weighted by molar-refractivity contribution is 5.79. The quantitative estimate of drug-likeness (QED) is 0.903. The number of carbonyl (C=O) groups excluding carboxylic acids is 1. The smallest absolute Gasteiger partial charge is 0.226 e. The van der Waals surface area contributed by atoms with Crippen LogP contribution in [0.2, 0.25) is 0 Å². The van der Waals surface area contributed by atoms with Crippen molar-refractivity contribution in [1.29, 1.82) is 0 Å². The molecule has 2 heterocycles. The fourth-order valence-electron chi connectivity index (χ4n) is 2.80. The molecule has 1 aliphatic heterocycles. The Morgan fingerprint density at radius 2 is 2.38 bits per heavy atom. The van der Waals surface area contributed by atoms with Crippen molar-refractivity contribution < 1.29 is 14.3 Å². The van der Waals surface area contributed by atoms with E-state index in [-0.39, 0.29) is 17.9 Å². The summed E-state index contributed by atoms with van der Waals surface area (Å²) < 4.78 is 11.0. The molecule has 0 radical (unpaired) electrons. The maximum absolute atomic E-state index is 12.4. The number of rotatable bonds is 5. The lowest BCUT2D eigenvalue weighted by atomic mass is 9.87. The minimum atomic E-state index is -0.0681. The third kappa shape index (κ3) is 3.94. The fraction of sp³-hybridized carbons (Fsp3) is 0.625. The van der Waals surface area contributed by atoms with Crippen molar-refractivity contribution >= 4 is 5.91 Å². The Morgan fingerprint density at radius 1 is 1.57 bits per heavy atom. The Labute approximate surface area is 126 Å². The number of nitrogens with zero attached hydrogens (tertiary/aromatic N) is 1. The summed E-state index contributed by atoms with van der Waals surface area (Å²) in [6, 6.07) is 3.74. The van der Waals surface area contributed by atoms with Crippen LogP contribution in [0.5, 0.6) is 5.88 Å². The first-order valence-electron chi connectivity index (χ1n) is 7.50. The van der Waals surface area contributed by atoms with E-state index < -0.39 is 0 Å². The number of methoxy groups -OCH3 is 1. The highest BCUT2D eigenvalue weighted by Crippen LogP contribution is 2.26. The molecular formula is C16H24N2O3. The number of pyridine rings is 1. The molecule has 0 bridgehead atoms. The molecule has 1 aromatic rings. The molecule has 0 spiro atoms. The fourth-order valence-corrected chi connectivity index (χ4v) is 2.80. The molecule has 0 unspecified atom stereocenters. The molecule has 1 aromatic heterocycles. The van der Waals surface area contributed by atoms with Crippen molar-refractivity contribution in [3.05, 3.63) is 23.9 Å². The number of amides is 1. The zero-order valence-corrected chi connectivity index (χ0v) is 13.0. The van der Waals surface area contributed by atoms with Gasteiger partial charge in [0, 0.05) is 24.9 Å². The van der Waals surface area contributed by atoms with Gasteiger partial charge in [-0.1, -0.05) is 19.9 Å². The molecule has 5 nitrogen and oxygen atoms in total. The molecule has 2 atom stereocenters. The third-order valence-corrected chi connectivity index (χ3v) is 3.86. The van der Waals surface area contributed by atoms with E-state index in [2.05, 4.69) is 24.1 Å². The topological polar surface area (TPSA) is 60.5 Å². The second kappa shape index (κ2) is 7.41. The van der Waals surface area contributed by atoms with Crippen molar-refractivity contribution in [2.24, 2.45) is 11.8 Å². The van der Waals surface area contributed by atoms with E-state index in [4.69, 9.17) is 9.47 Å². The standard InChI is InChI=1S/C16H24N2O3/c1-11(2)14-13(7-5-9-21-14)15(19)18-10-12-6-4-8-17-16(12)20-3/h4,6,8,11,13-14H,5,7,9-10H2,1-3H3,(H,18,19)/t13-,14-/m0/s1. The lowest BCUT2D eigenvalue weighted by Crippen LogP contribution is -2.43. The number of aromatic nitrogens is 1. The van der Waals surface area contributed by atoms with Crippen molar-refractivity contribution in [3.8, 4) is 5.88 Å². The summed E-state index contributed by atoms with van der Waals surface area (Å²) in [6.07, 6.45) is 3.51. The molecule has 1 saturated heterocycles. The van der Waals surface area contributed by atoms with E-state index >= 15 is 0 Å². The first kappa shape index (κ1) is 15.8. The van der Waals surface area contributed by atoms with E-state index in [1.807, 2.05) is 12.1 Å². The zero-order chi connectivity index (χ0) is 15.2. The average Bonchev–Trinajstić information content (AvgIpc) is 2.52. The lowest BCUT2D eigenvalue weighted by Gasteiger charge is -2.33. The molecule has 0 saturated carbocycles. The number of carbonyl (C=O) groups is 1. The molecule has 1 fully saturated rings. The van der Waals surface area contributed by atoms with E-state index in [9.17, 15) is 4.79 Å². The van der Waals surface area contributed by atoms with Gasteiger partial charge in [0.05, 0.1) is 19.1 Å². The van der Waals surface area contributed by atoms with Crippen molar-refractivity contribution in [1.82, 2.24) is 10.3 Å². The summed E-state index contributed by atoms with van der Waals surface area (Å²) in [5, 5.41) is 2.99. The molecule has 2 rings (SSSR count). The van der Waals surface area contributed by atoms with Gasteiger partial charge in [0.15, 0.2) is 0 Å². The van der Waals surface area contributed by atoms with Gasteiger partial charge in [0.25, 0.3) is 0 Å². The highest BCUT2D eigenvalue weighted by Gasteiger charge is 2.33. The first-order chi connectivity index (χ1) is 10.1. The molecule has 5 heteroatoms. The van der Waals surface area contributed by atoms with Gasteiger partial charge in [0.1, 0.15) is 0 Å². The van der Waals surface area contributed by atoms with Gasteiger partial charge in [-0.15, -0.1) is 0 Å². The SMILES string of the molecule is COc1ncccc1CNC(=O)[C@H]1CCCO[C@H]1C(C)C. The number of hydrogen-bond donors (Lipinski definition) is 1. The van der Waals surface area contributed by atoms with E-state index in [1.54, 1.807) is 13.3 Å². The van der Waals surface area contributed by atoms with E-state index in [1.165, 1.54) is 0 Å². The predicted octanol–water partition coefficient (Wildman–Crippen LogP) is 2.16. The van der Waals surface area contributed by atoms with Crippen molar-refractivity contribution in [3.63, 3.8) is 0 Å². The van der Waals surface area contributed by atoms with Crippen LogP contribution in [0.25, 0.3) is 0 Å². The minimum Gasteiger partial charge on any atom is -0.481 e. The highest BCUT2D eigenvalue weighted by atomic mass is 16.5. The summed E-state index contributed by atoms with van der Waals surface area (Å²) in [7, 11) is 1.58. The van der Waals surface area contributed by atoms with Crippen LogP contribution in [0.15, 0.2) is 18.3 Å².